The summed E-state index contributed by atoms with van der Waals surface area (Å²) in [5, 5.41) is 7.89. The van der Waals surface area contributed by atoms with Gasteiger partial charge in [0, 0.05) is 5.57 Å². The summed E-state index contributed by atoms with van der Waals surface area (Å²) in [5.41, 5.74) is 0.176. The van der Waals surface area contributed by atoms with Crippen molar-refractivity contribution in [3.05, 3.63) is 12.2 Å². The third-order valence-corrected chi connectivity index (χ3v) is 0.365. The van der Waals surface area contributed by atoms with Gasteiger partial charge in [0.2, 0.25) is 0 Å². The van der Waals surface area contributed by atoms with Crippen molar-refractivity contribution in [2.75, 3.05) is 0 Å². The molecule has 0 heterocycles. The molecular weight excluding hydrogens is 287 g/mol. The molecule has 0 aliphatic heterocycles. The fourth-order valence-electron chi connectivity index (χ4n) is 0. The van der Waals surface area contributed by atoms with E-state index in [2.05, 4.69) is 26.2 Å². The SMILES string of the molecule is C=C(C)C(=O)O.C[Si](C)(C)Cl.[Ag+]. The fraction of sp³-hybridized carbons (Fsp3) is 0.571. The van der Waals surface area contributed by atoms with E-state index >= 15 is 0 Å². The minimum absolute atomic E-state index is 0. The molecule has 0 aromatic heterocycles. The van der Waals surface area contributed by atoms with Gasteiger partial charge in [-0.05, 0) is 6.92 Å². The van der Waals surface area contributed by atoms with Crippen LogP contribution in [0.15, 0.2) is 12.2 Å². The molecular formula is C7H15AgClO2Si+. The molecule has 0 fully saturated rings. The van der Waals surface area contributed by atoms with Gasteiger partial charge in [-0.15, -0.1) is 0 Å². The van der Waals surface area contributed by atoms with Crippen LogP contribution in [0.25, 0.3) is 0 Å². The van der Waals surface area contributed by atoms with Crippen LogP contribution in [0.5, 0.6) is 0 Å². The van der Waals surface area contributed by atoms with E-state index in [0.717, 1.165) is 0 Å². The van der Waals surface area contributed by atoms with Gasteiger partial charge in [-0.2, -0.15) is 11.1 Å². The molecule has 0 saturated carbocycles. The number of halogens is 1. The first kappa shape index (κ1) is 18.3. The molecule has 0 amide bonds. The van der Waals surface area contributed by atoms with E-state index in [4.69, 9.17) is 16.2 Å². The molecule has 0 saturated heterocycles. The van der Waals surface area contributed by atoms with Crippen molar-refractivity contribution < 1.29 is 32.3 Å². The summed E-state index contributed by atoms with van der Waals surface area (Å²) in [7, 11) is -1.14. The second kappa shape index (κ2) is 8.07. The number of carboxylic acid groups (broad SMARTS) is 1. The first-order valence-electron chi connectivity index (χ1n) is 3.22. The number of carbonyl (C=O) groups is 1. The molecule has 0 bridgehead atoms. The van der Waals surface area contributed by atoms with Crippen molar-refractivity contribution in [1.82, 2.24) is 0 Å². The fourth-order valence-corrected chi connectivity index (χ4v) is 0. The molecule has 0 unspecified atom stereocenters. The zero-order chi connectivity index (χ0) is 9.65. The number of carboxylic acids is 1. The Balaban J connectivity index is -0.000000126. The van der Waals surface area contributed by atoms with Crippen LogP contribution in [0, 0.1) is 0 Å². The molecule has 0 aromatic carbocycles. The molecule has 0 aliphatic carbocycles. The van der Waals surface area contributed by atoms with Crippen LogP contribution >= 0.6 is 11.1 Å². The predicted molar refractivity (Wildman–Crippen MR) is 51.6 cm³/mol. The van der Waals surface area contributed by atoms with Crippen molar-refractivity contribution in [2.45, 2.75) is 26.6 Å². The quantitative estimate of drug-likeness (QED) is 0.459. The topological polar surface area (TPSA) is 37.3 Å². The number of rotatable bonds is 1. The van der Waals surface area contributed by atoms with Gasteiger partial charge in [-0.3, -0.25) is 0 Å². The number of hydrogen-bond acceptors (Lipinski definition) is 1. The maximum absolute atomic E-state index is 9.60. The van der Waals surface area contributed by atoms with E-state index in [1.807, 2.05) is 0 Å². The predicted octanol–water partition coefficient (Wildman–Crippen LogP) is 2.70. The average Bonchev–Trinajstić information content (AvgIpc) is 1.59. The minimum Gasteiger partial charge on any atom is -0.478 e. The Hall–Kier alpha value is 0.457. The van der Waals surface area contributed by atoms with Gasteiger partial charge in [0.15, 0.2) is 0 Å². The molecule has 2 nitrogen and oxygen atoms in total. The number of aliphatic carboxylic acids is 1. The zero-order valence-corrected chi connectivity index (χ0v) is 11.0. The summed E-state index contributed by atoms with van der Waals surface area (Å²) >= 11 is 5.67. The Bertz CT molecular complexity index is 136. The van der Waals surface area contributed by atoms with Crippen LogP contribution in [0.1, 0.15) is 6.92 Å². The summed E-state index contributed by atoms with van der Waals surface area (Å²) in [5.74, 6) is -0.935. The standard InChI is InChI=1S/C4H6O2.C3H9ClSi.Ag/c1-3(2)4(5)6;1-5(2,3)4;/h1H2,2H3,(H,5,6);1-3H3;/q;;+1. The summed E-state index contributed by atoms with van der Waals surface area (Å²) in [6, 6.07) is 0. The van der Waals surface area contributed by atoms with Crippen LogP contribution in [-0.4, -0.2) is 18.5 Å². The van der Waals surface area contributed by atoms with Crippen LogP contribution in [0.2, 0.25) is 19.6 Å². The molecule has 0 rings (SSSR count). The van der Waals surface area contributed by atoms with Gasteiger partial charge in [0.05, 0.1) is 0 Å². The van der Waals surface area contributed by atoms with E-state index < -0.39 is 13.4 Å². The smallest absolute Gasteiger partial charge is 0.478 e. The van der Waals surface area contributed by atoms with E-state index in [-0.39, 0.29) is 28.0 Å². The molecule has 0 radical (unpaired) electrons. The van der Waals surface area contributed by atoms with Crippen LogP contribution in [-0.2, 0) is 27.2 Å². The Morgan fingerprint density at radius 2 is 1.50 bits per heavy atom. The van der Waals surface area contributed by atoms with Crippen molar-refractivity contribution in [1.29, 1.82) is 0 Å². The van der Waals surface area contributed by atoms with Gasteiger partial charge in [-0.1, -0.05) is 26.2 Å². The van der Waals surface area contributed by atoms with Gasteiger partial charge in [0.1, 0.15) is 7.38 Å². The Labute approximate surface area is 95.2 Å². The summed E-state index contributed by atoms with van der Waals surface area (Å²) in [6.45, 7) is 10.9. The van der Waals surface area contributed by atoms with Gasteiger partial charge in [-0.25, -0.2) is 4.79 Å². The summed E-state index contributed by atoms with van der Waals surface area (Å²) < 4.78 is 0. The monoisotopic (exact) mass is 301 g/mol. The van der Waals surface area contributed by atoms with Crippen molar-refractivity contribution in [3.63, 3.8) is 0 Å². The van der Waals surface area contributed by atoms with Crippen LogP contribution < -0.4 is 0 Å². The van der Waals surface area contributed by atoms with Crippen molar-refractivity contribution in [2.24, 2.45) is 0 Å². The first-order valence-corrected chi connectivity index (χ1v) is 7.73. The Morgan fingerprint density at radius 3 is 1.50 bits per heavy atom. The van der Waals surface area contributed by atoms with Gasteiger partial charge in [0.25, 0.3) is 0 Å². The van der Waals surface area contributed by atoms with Crippen LogP contribution in [0.3, 0.4) is 0 Å². The van der Waals surface area contributed by atoms with E-state index in [1.54, 1.807) is 0 Å². The molecule has 1 N–H and O–H groups in total. The van der Waals surface area contributed by atoms with Gasteiger partial charge < -0.3 is 5.11 Å². The average molecular weight is 303 g/mol. The maximum Gasteiger partial charge on any atom is 1.00 e. The van der Waals surface area contributed by atoms with E-state index in [1.165, 1.54) is 6.92 Å². The Kier molecular flexibility index (Phi) is 12.3. The number of hydrogen-bond donors (Lipinski definition) is 1. The molecule has 0 atom stereocenters. The largest absolute Gasteiger partial charge is 1.00 e. The molecule has 76 valence electrons. The minimum atomic E-state index is -1.14. The summed E-state index contributed by atoms with van der Waals surface area (Å²) in [6.07, 6.45) is 0. The molecule has 12 heavy (non-hydrogen) atoms. The molecule has 0 spiro atoms. The molecule has 0 aromatic rings. The van der Waals surface area contributed by atoms with E-state index in [0.29, 0.717) is 0 Å². The second-order valence-electron chi connectivity index (χ2n) is 3.15. The third-order valence-electron chi connectivity index (χ3n) is 0.365. The van der Waals surface area contributed by atoms with Gasteiger partial charge >= 0.3 is 28.3 Å². The van der Waals surface area contributed by atoms with E-state index in [9.17, 15) is 4.79 Å². The third kappa shape index (κ3) is 47.1. The molecule has 5 heteroatoms. The normalized spacial score (nSPS) is 8.75. The molecule has 0 aliphatic rings. The first-order chi connectivity index (χ1) is 4.64. The summed E-state index contributed by atoms with van der Waals surface area (Å²) in [4.78, 5) is 9.60. The maximum atomic E-state index is 9.60. The van der Waals surface area contributed by atoms with Crippen molar-refractivity contribution >= 4 is 24.4 Å². The van der Waals surface area contributed by atoms with Crippen molar-refractivity contribution in [3.8, 4) is 0 Å². The van der Waals surface area contributed by atoms with Crippen LogP contribution in [0.4, 0.5) is 0 Å². The zero-order valence-electron chi connectivity index (χ0n) is 7.74. The second-order valence-corrected chi connectivity index (χ2v) is 10.7. The Morgan fingerprint density at radius 1 is 1.42 bits per heavy atom.